The molecule has 2 nitrogen and oxygen atoms in total. The van der Waals surface area contributed by atoms with E-state index in [1.165, 1.54) is 0 Å². The third-order valence-electron chi connectivity index (χ3n) is 4.03. The number of benzene rings is 3. The van der Waals surface area contributed by atoms with Crippen LogP contribution in [0.4, 0.5) is 35.1 Å². The number of ether oxygens (including phenoxy) is 2. The maximum atomic E-state index is 14.5. The van der Waals surface area contributed by atoms with E-state index < -0.39 is 64.0 Å². The molecule has 0 fully saturated rings. The van der Waals surface area contributed by atoms with Gasteiger partial charge >= 0.3 is 6.18 Å². The first kappa shape index (κ1) is 21.7. The summed E-state index contributed by atoms with van der Waals surface area (Å²) in [5.74, 6) is -8.35. The molecule has 0 radical (unpaired) electrons. The molecule has 30 heavy (non-hydrogen) atoms. The van der Waals surface area contributed by atoms with Crippen LogP contribution in [0.3, 0.4) is 0 Å². The first-order valence-corrected chi connectivity index (χ1v) is 8.44. The highest BCUT2D eigenvalue weighted by atomic mass is 19.4. The molecular weight excluding hydrogens is 424 g/mol. The summed E-state index contributed by atoms with van der Waals surface area (Å²) < 4.78 is 118. The molecule has 0 atom stereocenters. The number of halogens is 8. The third kappa shape index (κ3) is 4.27. The Kier molecular flexibility index (Phi) is 5.78. The fourth-order valence-corrected chi connectivity index (χ4v) is 2.90. The summed E-state index contributed by atoms with van der Waals surface area (Å²) >= 11 is 0. The van der Waals surface area contributed by atoms with Gasteiger partial charge in [-0.2, -0.15) is 13.2 Å². The second-order valence-electron chi connectivity index (χ2n) is 6.16. The Balaban J connectivity index is 2.13. The minimum Gasteiger partial charge on any atom is -0.494 e. The van der Waals surface area contributed by atoms with Crippen molar-refractivity contribution in [2.45, 2.75) is 13.1 Å². The van der Waals surface area contributed by atoms with Crippen molar-refractivity contribution >= 4 is 10.8 Å². The van der Waals surface area contributed by atoms with Crippen LogP contribution in [0.5, 0.6) is 11.5 Å². The molecule has 0 heterocycles. The molecule has 0 aliphatic heterocycles. The van der Waals surface area contributed by atoms with E-state index in [9.17, 15) is 35.1 Å². The van der Waals surface area contributed by atoms with Crippen molar-refractivity contribution in [1.29, 1.82) is 0 Å². The minimum absolute atomic E-state index is 0.110. The molecule has 3 aromatic rings. The summed E-state index contributed by atoms with van der Waals surface area (Å²) in [7, 11) is 0. The first-order chi connectivity index (χ1) is 14.0. The van der Waals surface area contributed by atoms with Gasteiger partial charge in [-0.25, -0.2) is 22.0 Å². The number of alkyl halides is 3. The highest BCUT2D eigenvalue weighted by Crippen LogP contribution is 2.37. The van der Waals surface area contributed by atoms with Gasteiger partial charge < -0.3 is 9.47 Å². The van der Waals surface area contributed by atoms with Crippen LogP contribution >= 0.6 is 0 Å². The Labute approximate surface area is 164 Å². The number of hydrogen-bond donors (Lipinski definition) is 0. The summed E-state index contributed by atoms with van der Waals surface area (Å²) in [6, 6.07) is 3.72. The Morgan fingerprint density at radius 1 is 0.767 bits per heavy atom. The number of fused-ring (bicyclic) bond motifs is 1. The summed E-state index contributed by atoms with van der Waals surface area (Å²) in [5, 5.41) is -1.35. The van der Waals surface area contributed by atoms with Crippen LogP contribution in [0.25, 0.3) is 21.9 Å². The molecule has 160 valence electrons. The van der Waals surface area contributed by atoms with E-state index in [1.807, 2.05) is 0 Å². The zero-order valence-corrected chi connectivity index (χ0v) is 15.1. The third-order valence-corrected chi connectivity index (χ3v) is 4.03. The lowest BCUT2D eigenvalue weighted by atomic mass is 9.99. The van der Waals surface area contributed by atoms with Gasteiger partial charge in [0.05, 0.1) is 17.6 Å². The van der Waals surface area contributed by atoms with Gasteiger partial charge in [-0.15, -0.1) is 0 Å². The lowest BCUT2D eigenvalue weighted by Crippen LogP contribution is -2.20. The van der Waals surface area contributed by atoms with Gasteiger partial charge in [0, 0.05) is 12.1 Å². The summed E-state index contributed by atoms with van der Waals surface area (Å²) in [6.07, 6.45) is -4.88. The van der Waals surface area contributed by atoms with E-state index in [2.05, 4.69) is 4.74 Å². The van der Waals surface area contributed by atoms with E-state index in [0.717, 1.165) is 18.2 Å². The molecule has 0 aliphatic rings. The van der Waals surface area contributed by atoms with E-state index in [1.54, 1.807) is 6.92 Å². The van der Waals surface area contributed by atoms with Crippen molar-refractivity contribution < 1.29 is 44.6 Å². The molecule has 3 rings (SSSR count). The Hall–Kier alpha value is -3.04. The van der Waals surface area contributed by atoms with Crippen LogP contribution in [-0.2, 0) is 0 Å². The molecule has 0 amide bonds. The fraction of sp³-hybridized carbons (Fsp3) is 0.200. The molecule has 0 saturated carbocycles. The number of rotatable bonds is 5. The second kappa shape index (κ2) is 8.00. The van der Waals surface area contributed by atoms with E-state index in [0.29, 0.717) is 12.1 Å². The second-order valence-corrected chi connectivity index (χ2v) is 6.16. The lowest BCUT2D eigenvalue weighted by molar-refractivity contribution is -0.154. The quantitative estimate of drug-likeness (QED) is 0.423. The zero-order chi connectivity index (χ0) is 22.2. The van der Waals surface area contributed by atoms with Crippen LogP contribution in [-0.4, -0.2) is 19.4 Å². The smallest absolute Gasteiger partial charge is 0.422 e. The zero-order valence-electron chi connectivity index (χ0n) is 15.1. The topological polar surface area (TPSA) is 18.5 Å². The van der Waals surface area contributed by atoms with Crippen LogP contribution < -0.4 is 9.47 Å². The molecule has 10 heteroatoms. The molecule has 0 bridgehead atoms. The Morgan fingerprint density at radius 3 is 1.97 bits per heavy atom. The Bertz CT molecular complexity index is 1090. The molecule has 0 spiro atoms. The highest BCUT2D eigenvalue weighted by molar-refractivity contribution is 5.90. The maximum Gasteiger partial charge on any atom is 0.422 e. The normalized spacial score (nSPS) is 11.8. The average Bonchev–Trinajstić information content (AvgIpc) is 2.59. The van der Waals surface area contributed by atoms with Crippen molar-refractivity contribution in [3.63, 3.8) is 0 Å². The summed E-state index contributed by atoms with van der Waals surface area (Å²) in [5.41, 5.74) is -1.04. The molecule has 0 aromatic heterocycles. The van der Waals surface area contributed by atoms with Gasteiger partial charge in [0.2, 0.25) is 0 Å². The number of hydrogen-bond acceptors (Lipinski definition) is 2. The summed E-state index contributed by atoms with van der Waals surface area (Å²) in [4.78, 5) is 0. The molecule has 0 unspecified atom stereocenters. The SMILES string of the molecule is CCOc1cc(F)c(-c2cc(F)c3c(F)c(OCC(F)(F)F)c(F)cc3c2)c(F)c1. The van der Waals surface area contributed by atoms with Gasteiger partial charge in [-0.05, 0) is 36.1 Å². The molecule has 0 aliphatic carbocycles. The van der Waals surface area contributed by atoms with Crippen molar-refractivity contribution in [3.8, 4) is 22.6 Å². The molecule has 3 aromatic carbocycles. The van der Waals surface area contributed by atoms with E-state index >= 15 is 0 Å². The Morgan fingerprint density at radius 2 is 1.40 bits per heavy atom. The predicted molar refractivity (Wildman–Crippen MR) is 91.9 cm³/mol. The molecule has 0 saturated heterocycles. The molecular formula is C20H12F8O2. The molecule has 0 N–H and O–H groups in total. The van der Waals surface area contributed by atoms with Gasteiger partial charge in [0.1, 0.15) is 23.2 Å². The standard InChI is InChI=1S/C20H12F8O2/c1-2-29-11-6-13(22)16(14(23)7-11)9-3-10-5-15(24)19(30-8-20(26,27)28)18(25)17(10)12(21)4-9/h3-7H,2,8H2,1H3. The predicted octanol–water partition coefficient (Wildman–Crippen LogP) is 6.54. The van der Waals surface area contributed by atoms with Crippen LogP contribution in [0.15, 0.2) is 30.3 Å². The monoisotopic (exact) mass is 436 g/mol. The van der Waals surface area contributed by atoms with Gasteiger partial charge in [-0.1, -0.05) is 0 Å². The minimum atomic E-state index is -4.88. The van der Waals surface area contributed by atoms with Crippen LogP contribution in [0.2, 0.25) is 0 Å². The lowest BCUT2D eigenvalue weighted by Gasteiger charge is -2.14. The van der Waals surface area contributed by atoms with Gasteiger partial charge in [0.25, 0.3) is 0 Å². The van der Waals surface area contributed by atoms with Crippen molar-refractivity contribution in [2.75, 3.05) is 13.2 Å². The fourth-order valence-electron chi connectivity index (χ4n) is 2.90. The van der Waals surface area contributed by atoms with E-state index in [-0.39, 0.29) is 17.9 Å². The van der Waals surface area contributed by atoms with Gasteiger partial charge in [0.15, 0.2) is 24.0 Å². The largest absolute Gasteiger partial charge is 0.494 e. The van der Waals surface area contributed by atoms with Gasteiger partial charge in [-0.3, -0.25) is 0 Å². The summed E-state index contributed by atoms with van der Waals surface area (Å²) in [6.45, 7) is -0.257. The van der Waals surface area contributed by atoms with Crippen molar-refractivity contribution in [1.82, 2.24) is 0 Å². The first-order valence-electron chi connectivity index (χ1n) is 8.44. The van der Waals surface area contributed by atoms with Crippen molar-refractivity contribution in [3.05, 3.63) is 59.4 Å². The average molecular weight is 436 g/mol. The van der Waals surface area contributed by atoms with Crippen LogP contribution in [0.1, 0.15) is 6.92 Å². The van der Waals surface area contributed by atoms with Crippen LogP contribution in [0, 0.1) is 29.1 Å². The van der Waals surface area contributed by atoms with E-state index in [4.69, 9.17) is 4.74 Å². The maximum absolute atomic E-state index is 14.5. The highest BCUT2D eigenvalue weighted by Gasteiger charge is 2.30. The van der Waals surface area contributed by atoms with Crippen molar-refractivity contribution in [2.24, 2.45) is 0 Å².